The first-order chi connectivity index (χ1) is 8.70. The van der Waals surface area contributed by atoms with Crippen LogP contribution in [-0.2, 0) is 11.3 Å². The molecule has 2 rings (SSSR count). The minimum Gasteiger partial charge on any atom is -0.381 e. The number of nitrogens with zero attached hydrogens (tertiary/aromatic N) is 1. The molecule has 0 unspecified atom stereocenters. The smallest absolute Gasteiger partial charge is 0.131 e. The molecule has 0 aromatic heterocycles. The minimum atomic E-state index is -0.675. The van der Waals surface area contributed by atoms with Crippen molar-refractivity contribution in [3.8, 4) is 6.07 Å². The number of nitriles is 1. The standard InChI is InChI=1S/C13H14F2N2O/c14-12-5-9(7-16)6-13(15)11(12)8-17-10-1-3-18-4-2-10/h5-6,10,17H,1-4,8H2. The molecule has 0 saturated carbocycles. The van der Waals surface area contributed by atoms with Crippen molar-refractivity contribution in [3.05, 3.63) is 34.9 Å². The Balaban J connectivity index is 2.02. The van der Waals surface area contributed by atoms with Gasteiger partial charge in [-0.2, -0.15) is 5.26 Å². The summed E-state index contributed by atoms with van der Waals surface area (Å²) in [5, 5.41) is 11.7. The molecule has 1 aromatic rings. The second-order valence-electron chi connectivity index (χ2n) is 4.30. The van der Waals surface area contributed by atoms with E-state index in [1.165, 1.54) is 0 Å². The van der Waals surface area contributed by atoms with Gasteiger partial charge in [-0.05, 0) is 25.0 Å². The van der Waals surface area contributed by atoms with Crippen molar-refractivity contribution >= 4 is 0 Å². The molecule has 1 aliphatic rings. The normalized spacial score (nSPS) is 16.5. The fourth-order valence-corrected chi connectivity index (χ4v) is 1.98. The molecule has 1 N–H and O–H groups in total. The first-order valence-corrected chi connectivity index (χ1v) is 5.90. The topological polar surface area (TPSA) is 45.0 Å². The zero-order valence-electron chi connectivity index (χ0n) is 9.88. The maximum Gasteiger partial charge on any atom is 0.131 e. The molecule has 18 heavy (non-hydrogen) atoms. The Kier molecular flexibility index (Phi) is 4.24. The van der Waals surface area contributed by atoms with Crippen LogP contribution in [0.1, 0.15) is 24.0 Å². The number of hydrogen-bond acceptors (Lipinski definition) is 3. The maximum absolute atomic E-state index is 13.6. The monoisotopic (exact) mass is 252 g/mol. The van der Waals surface area contributed by atoms with Gasteiger partial charge in [0.25, 0.3) is 0 Å². The van der Waals surface area contributed by atoms with Crippen molar-refractivity contribution in [2.45, 2.75) is 25.4 Å². The van der Waals surface area contributed by atoms with E-state index in [0.29, 0.717) is 13.2 Å². The van der Waals surface area contributed by atoms with Gasteiger partial charge in [-0.25, -0.2) is 8.78 Å². The van der Waals surface area contributed by atoms with Crippen LogP contribution in [0.3, 0.4) is 0 Å². The molecule has 0 aliphatic carbocycles. The molecule has 1 aromatic carbocycles. The van der Waals surface area contributed by atoms with Gasteiger partial charge in [-0.1, -0.05) is 0 Å². The molecule has 1 aliphatic heterocycles. The number of ether oxygens (including phenoxy) is 1. The van der Waals surface area contributed by atoms with Crippen LogP contribution in [0.15, 0.2) is 12.1 Å². The van der Waals surface area contributed by atoms with Crippen molar-refractivity contribution in [3.63, 3.8) is 0 Å². The summed E-state index contributed by atoms with van der Waals surface area (Å²) in [5.41, 5.74) is -0.0136. The van der Waals surface area contributed by atoms with Gasteiger partial charge in [0.2, 0.25) is 0 Å². The highest BCUT2D eigenvalue weighted by atomic mass is 19.1. The second kappa shape index (κ2) is 5.89. The zero-order valence-corrected chi connectivity index (χ0v) is 9.88. The fourth-order valence-electron chi connectivity index (χ4n) is 1.98. The molecule has 0 radical (unpaired) electrons. The van der Waals surface area contributed by atoms with E-state index in [1.807, 2.05) is 0 Å². The van der Waals surface area contributed by atoms with E-state index in [9.17, 15) is 8.78 Å². The van der Waals surface area contributed by atoms with Crippen LogP contribution >= 0.6 is 0 Å². The van der Waals surface area contributed by atoms with Crippen LogP contribution in [0.4, 0.5) is 8.78 Å². The highest BCUT2D eigenvalue weighted by Gasteiger charge is 2.16. The summed E-state index contributed by atoms with van der Waals surface area (Å²) in [5.74, 6) is -1.35. The number of hydrogen-bond donors (Lipinski definition) is 1. The van der Waals surface area contributed by atoms with Gasteiger partial charge >= 0.3 is 0 Å². The minimum absolute atomic E-state index is 0.000170. The van der Waals surface area contributed by atoms with Crippen molar-refractivity contribution in [1.82, 2.24) is 5.32 Å². The lowest BCUT2D eigenvalue weighted by atomic mass is 10.1. The molecule has 1 saturated heterocycles. The zero-order chi connectivity index (χ0) is 13.0. The average Bonchev–Trinajstić information content (AvgIpc) is 2.38. The van der Waals surface area contributed by atoms with Crippen LogP contribution in [-0.4, -0.2) is 19.3 Å². The molecule has 0 bridgehead atoms. The molecular weight excluding hydrogens is 238 g/mol. The number of halogens is 2. The van der Waals surface area contributed by atoms with E-state index >= 15 is 0 Å². The van der Waals surface area contributed by atoms with Crippen molar-refractivity contribution in [1.29, 1.82) is 5.26 Å². The third-order valence-corrected chi connectivity index (χ3v) is 3.06. The molecular formula is C13H14F2N2O. The molecule has 1 heterocycles. The average molecular weight is 252 g/mol. The molecule has 3 nitrogen and oxygen atoms in total. The summed E-state index contributed by atoms with van der Waals surface area (Å²) < 4.78 is 32.4. The van der Waals surface area contributed by atoms with Gasteiger partial charge < -0.3 is 10.1 Å². The lowest BCUT2D eigenvalue weighted by Crippen LogP contribution is -2.34. The Morgan fingerprint density at radius 1 is 1.28 bits per heavy atom. The Hall–Kier alpha value is -1.51. The second-order valence-corrected chi connectivity index (χ2v) is 4.30. The third kappa shape index (κ3) is 3.03. The first-order valence-electron chi connectivity index (χ1n) is 5.90. The maximum atomic E-state index is 13.6. The molecule has 0 atom stereocenters. The van der Waals surface area contributed by atoms with Gasteiger partial charge in [-0.15, -0.1) is 0 Å². The number of benzene rings is 1. The Bertz CT molecular complexity index is 442. The van der Waals surface area contributed by atoms with Crippen LogP contribution in [0.25, 0.3) is 0 Å². The highest BCUT2D eigenvalue weighted by molar-refractivity contribution is 5.34. The van der Waals surface area contributed by atoms with E-state index in [2.05, 4.69) is 5.32 Å². The van der Waals surface area contributed by atoms with Gasteiger partial charge in [-0.3, -0.25) is 0 Å². The molecule has 1 fully saturated rings. The van der Waals surface area contributed by atoms with Gasteiger partial charge in [0.15, 0.2) is 0 Å². The van der Waals surface area contributed by atoms with Crippen LogP contribution in [0.5, 0.6) is 0 Å². The molecule has 0 spiro atoms. The summed E-state index contributed by atoms with van der Waals surface area (Å²) in [7, 11) is 0. The highest BCUT2D eigenvalue weighted by Crippen LogP contribution is 2.16. The fraction of sp³-hybridized carbons (Fsp3) is 0.462. The van der Waals surface area contributed by atoms with E-state index in [4.69, 9.17) is 10.00 Å². The van der Waals surface area contributed by atoms with Gasteiger partial charge in [0.05, 0.1) is 11.6 Å². The lowest BCUT2D eigenvalue weighted by molar-refractivity contribution is 0.0774. The van der Waals surface area contributed by atoms with Crippen molar-refractivity contribution in [2.75, 3.05) is 13.2 Å². The summed E-state index contributed by atoms with van der Waals surface area (Å²) in [4.78, 5) is 0. The Morgan fingerprint density at radius 2 is 1.89 bits per heavy atom. The van der Waals surface area contributed by atoms with Gasteiger partial charge in [0.1, 0.15) is 11.6 Å². The quantitative estimate of drug-likeness (QED) is 0.896. The summed E-state index contributed by atoms with van der Waals surface area (Å²) >= 11 is 0. The van der Waals surface area contributed by atoms with E-state index in [-0.39, 0.29) is 23.7 Å². The summed E-state index contributed by atoms with van der Waals surface area (Å²) in [6, 6.07) is 4.07. The summed E-state index contributed by atoms with van der Waals surface area (Å²) in [6.45, 7) is 1.49. The van der Waals surface area contributed by atoms with E-state index < -0.39 is 11.6 Å². The summed E-state index contributed by atoms with van der Waals surface area (Å²) in [6.07, 6.45) is 1.69. The molecule has 0 amide bonds. The molecule has 5 heteroatoms. The first kappa shape index (κ1) is 12.9. The SMILES string of the molecule is N#Cc1cc(F)c(CNC2CCOCC2)c(F)c1. The largest absolute Gasteiger partial charge is 0.381 e. The van der Waals surface area contributed by atoms with Crippen molar-refractivity contribution < 1.29 is 13.5 Å². The number of nitrogens with one attached hydrogen (secondary N) is 1. The van der Waals surface area contributed by atoms with E-state index in [0.717, 1.165) is 25.0 Å². The number of rotatable bonds is 3. The van der Waals surface area contributed by atoms with Crippen molar-refractivity contribution in [2.24, 2.45) is 0 Å². The Morgan fingerprint density at radius 3 is 2.44 bits per heavy atom. The van der Waals surface area contributed by atoms with Crippen LogP contribution in [0, 0.1) is 23.0 Å². The third-order valence-electron chi connectivity index (χ3n) is 3.06. The van der Waals surface area contributed by atoms with Gasteiger partial charge in [0, 0.05) is 31.4 Å². The molecule has 96 valence electrons. The predicted molar refractivity (Wildman–Crippen MR) is 61.8 cm³/mol. The van der Waals surface area contributed by atoms with Crippen LogP contribution < -0.4 is 5.32 Å². The van der Waals surface area contributed by atoms with Crippen LogP contribution in [0.2, 0.25) is 0 Å². The lowest BCUT2D eigenvalue weighted by Gasteiger charge is -2.23. The van der Waals surface area contributed by atoms with E-state index in [1.54, 1.807) is 6.07 Å². The Labute approximate surface area is 104 Å². The predicted octanol–water partition coefficient (Wildman–Crippen LogP) is 2.11.